The first-order chi connectivity index (χ1) is 10.4. The second kappa shape index (κ2) is 7.04. The molecule has 0 spiro atoms. The van der Waals surface area contributed by atoms with Crippen LogP contribution in [0.5, 0.6) is 0 Å². The molecule has 1 unspecified atom stereocenters. The Balaban J connectivity index is 2.05. The number of benzene rings is 1. The number of carboxylic acid groups (broad SMARTS) is 1. The Hall–Kier alpha value is -1.70. The van der Waals surface area contributed by atoms with E-state index in [-0.39, 0.29) is 23.8 Å². The molecule has 5 nitrogen and oxygen atoms in total. The Morgan fingerprint density at radius 2 is 1.91 bits per heavy atom. The van der Waals surface area contributed by atoms with Crippen molar-refractivity contribution in [1.29, 1.82) is 0 Å². The summed E-state index contributed by atoms with van der Waals surface area (Å²) < 4.78 is 26.8. The summed E-state index contributed by atoms with van der Waals surface area (Å²) in [7, 11) is -3.62. The van der Waals surface area contributed by atoms with E-state index in [1.165, 1.54) is 0 Å². The molecule has 0 bridgehead atoms. The number of sulfonamides is 1. The molecule has 0 aliphatic rings. The van der Waals surface area contributed by atoms with Gasteiger partial charge in [-0.1, -0.05) is 19.1 Å². The van der Waals surface area contributed by atoms with Gasteiger partial charge in [0.1, 0.15) is 0 Å². The van der Waals surface area contributed by atoms with Crippen LogP contribution in [0.25, 0.3) is 11.1 Å². The van der Waals surface area contributed by atoms with Crippen LogP contribution in [0.15, 0.2) is 46.0 Å². The molecule has 0 saturated heterocycles. The van der Waals surface area contributed by atoms with Crippen LogP contribution in [0.1, 0.15) is 13.3 Å². The molecule has 22 heavy (non-hydrogen) atoms. The number of hydrogen-bond donors (Lipinski definition) is 2. The average molecular weight is 339 g/mol. The van der Waals surface area contributed by atoms with Crippen molar-refractivity contribution in [3.05, 3.63) is 41.1 Å². The van der Waals surface area contributed by atoms with Crippen LogP contribution < -0.4 is 4.72 Å². The Morgan fingerprint density at radius 3 is 2.45 bits per heavy atom. The van der Waals surface area contributed by atoms with E-state index in [9.17, 15) is 13.2 Å². The summed E-state index contributed by atoms with van der Waals surface area (Å²) in [6, 6.07) is 8.60. The van der Waals surface area contributed by atoms with Gasteiger partial charge in [-0.15, -0.1) is 0 Å². The van der Waals surface area contributed by atoms with Crippen molar-refractivity contribution >= 4 is 27.3 Å². The number of rotatable bonds is 7. The quantitative estimate of drug-likeness (QED) is 0.812. The zero-order chi connectivity index (χ0) is 16.2. The molecule has 2 N–H and O–H groups in total. The predicted octanol–water partition coefficient (Wildman–Crippen LogP) is 2.80. The van der Waals surface area contributed by atoms with E-state index in [0.29, 0.717) is 0 Å². The van der Waals surface area contributed by atoms with Gasteiger partial charge in [0.15, 0.2) is 0 Å². The van der Waals surface area contributed by atoms with Gasteiger partial charge in [0.2, 0.25) is 10.0 Å². The lowest BCUT2D eigenvalue weighted by atomic mass is 10.1. The molecular formula is C15H17NO4S2. The highest BCUT2D eigenvalue weighted by molar-refractivity contribution is 7.89. The van der Waals surface area contributed by atoms with Gasteiger partial charge in [0, 0.05) is 13.0 Å². The lowest BCUT2D eigenvalue weighted by Gasteiger charge is -2.11. The van der Waals surface area contributed by atoms with Crippen LogP contribution in [0.4, 0.5) is 0 Å². The standard InChI is InChI=1S/C15H17NO4S2/c1-11(8-15(17)18)9-16-22(19,20)14-4-2-12(3-5-14)13-6-7-21-10-13/h2-7,10-11,16H,8-9H2,1H3,(H,17,18). The van der Waals surface area contributed by atoms with Crippen LogP contribution >= 0.6 is 11.3 Å². The number of carboxylic acids is 1. The van der Waals surface area contributed by atoms with Gasteiger partial charge >= 0.3 is 5.97 Å². The molecule has 0 aliphatic carbocycles. The summed E-state index contributed by atoms with van der Waals surface area (Å²) in [5, 5.41) is 12.6. The molecule has 0 fully saturated rings. The van der Waals surface area contributed by atoms with Crippen molar-refractivity contribution < 1.29 is 18.3 Å². The third-order valence-electron chi connectivity index (χ3n) is 3.16. The minimum Gasteiger partial charge on any atom is -0.481 e. The number of nitrogens with one attached hydrogen (secondary N) is 1. The molecule has 0 amide bonds. The lowest BCUT2D eigenvalue weighted by Crippen LogP contribution is -2.29. The largest absolute Gasteiger partial charge is 0.481 e. The molecule has 1 aromatic carbocycles. The van der Waals surface area contributed by atoms with Crippen molar-refractivity contribution in [1.82, 2.24) is 4.72 Å². The third kappa shape index (κ3) is 4.40. The van der Waals surface area contributed by atoms with Crippen molar-refractivity contribution in [3.63, 3.8) is 0 Å². The highest BCUT2D eigenvalue weighted by Gasteiger charge is 2.16. The van der Waals surface area contributed by atoms with Crippen LogP contribution in [0, 0.1) is 5.92 Å². The van der Waals surface area contributed by atoms with Gasteiger partial charge < -0.3 is 5.11 Å². The van der Waals surface area contributed by atoms with Crippen LogP contribution in [-0.4, -0.2) is 26.0 Å². The minimum atomic E-state index is -3.62. The lowest BCUT2D eigenvalue weighted by molar-refractivity contribution is -0.137. The summed E-state index contributed by atoms with van der Waals surface area (Å²) in [6.45, 7) is 1.79. The Labute approximate surface area is 133 Å². The topological polar surface area (TPSA) is 83.5 Å². The van der Waals surface area contributed by atoms with Crippen molar-refractivity contribution in [2.24, 2.45) is 5.92 Å². The molecular weight excluding hydrogens is 322 g/mol. The maximum absolute atomic E-state index is 12.2. The van der Waals surface area contributed by atoms with Gasteiger partial charge in [-0.2, -0.15) is 11.3 Å². The summed E-state index contributed by atoms with van der Waals surface area (Å²) in [5.41, 5.74) is 2.01. The summed E-state index contributed by atoms with van der Waals surface area (Å²) in [6.07, 6.45) is -0.0698. The highest BCUT2D eigenvalue weighted by Crippen LogP contribution is 2.23. The first-order valence-electron chi connectivity index (χ1n) is 6.72. The summed E-state index contributed by atoms with van der Waals surface area (Å²) in [5.74, 6) is -1.20. The van der Waals surface area contributed by atoms with E-state index in [0.717, 1.165) is 11.1 Å². The van der Waals surface area contributed by atoms with E-state index in [1.54, 1.807) is 42.5 Å². The smallest absolute Gasteiger partial charge is 0.303 e. The maximum atomic E-state index is 12.2. The van der Waals surface area contributed by atoms with Gasteiger partial charge in [-0.3, -0.25) is 4.79 Å². The molecule has 1 heterocycles. The second-order valence-corrected chi connectivity index (χ2v) is 7.64. The number of carbonyl (C=O) groups is 1. The molecule has 1 atom stereocenters. The number of thiophene rings is 1. The number of aliphatic carboxylic acids is 1. The Morgan fingerprint density at radius 1 is 1.23 bits per heavy atom. The van der Waals surface area contributed by atoms with Crippen LogP contribution in [-0.2, 0) is 14.8 Å². The SMILES string of the molecule is CC(CNS(=O)(=O)c1ccc(-c2ccsc2)cc1)CC(=O)O. The van der Waals surface area contributed by atoms with Crippen LogP contribution in [0.3, 0.4) is 0 Å². The van der Waals surface area contributed by atoms with E-state index in [1.807, 2.05) is 16.8 Å². The molecule has 2 rings (SSSR count). The molecule has 0 aliphatic heterocycles. The fourth-order valence-corrected chi connectivity index (χ4v) is 3.79. The molecule has 1 aromatic heterocycles. The number of hydrogen-bond acceptors (Lipinski definition) is 4. The van der Waals surface area contributed by atoms with Crippen molar-refractivity contribution in [2.75, 3.05) is 6.54 Å². The van der Waals surface area contributed by atoms with Gasteiger partial charge in [0.25, 0.3) is 0 Å². The second-order valence-electron chi connectivity index (χ2n) is 5.09. The molecule has 0 radical (unpaired) electrons. The van der Waals surface area contributed by atoms with Crippen LogP contribution in [0.2, 0.25) is 0 Å². The fourth-order valence-electron chi connectivity index (χ4n) is 1.96. The predicted molar refractivity (Wildman–Crippen MR) is 86.4 cm³/mol. The van der Waals surface area contributed by atoms with Gasteiger partial charge in [-0.25, -0.2) is 13.1 Å². The monoisotopic (exact) mass is 339 g/mol. The summed E-state index contributed by atoms with van der Waals surface area (Å²) in [4.78, 5) is 10.8. The third-order valence-corrected chi connectivity index (χ3v) is 5.29. The maximum Gasteiger partial charge on any atom is 0.303 e. The van der Waals surface area contributed by atoms with Crippen molar-refractivity contribution in [2.45, 2.75) is 18.2 Å². The first kappa shape index (κ1) is 16.7. The Bertz CT molecular complexity index is 721. The van der Waals surface area contributed by atoms with E-state index < -0.39 is 16.0 Å². The minimum absolute atomic E-state index is 0.0698. The zero-order valence-electron chi connectivity index (χ0n) is 12.0. The Kier molecular flexibility index (Phi) is 5.33. The molecule has 118 valence electrons. The first-order valence-corrected chi connectivity index (χ1v) is 9.15. The van der Waals surface area contributed by atoms with E-state index in [4.69, 9.17) is 5.11 Å². The normalized spacial score (nSPS) is 13.0. The zero-order valence-corrected chi connectivity index (χ0v) is 13.7. The summed E-state index contributed by atoms with van der Waals surface area (Å²) >= 11 is 1.58. The van der Waals surface area contributed by atoms with Gasteiger partial charge in [0.05, 0.1) is 4.90 Å². The fraction of sp³-hybridized carbons (Fsp3) is 0.267. The molecule has 2 aromatic rings. The van der Waals surface area contributed by atoms with E-state index in [2.05, 4.69) is 4.72 Å². The van der Waals surface area contributed by atoms with Gasteiger partial charge in [-0.05, 0) is 46.0 Å². The molecule has 0 saturated carbocycles. The van der Waals surface area contributed by atoms with E-state index >= 15 is 0 Å². The van der Waals surface area contributed by atoms with Crippen molar-refractivity contribution in [3.8, 4) is 11.1 Å². The average Bonchev–Trinajstić information content (AvgIpc) is 2.99. The molecule has 7 heteroatoms. The highest BCUT2D eigenvalue weighted by atomic mass is 32.2.